The standard InChI is InChI=1S/C16H28Br2P2/c1-11-9-15(8)10-19(17)16(11,14(5,6)7)20(18)12(15)13(2,3)4/h9,12H,10H2,1-8H3. The molecule has 0 spiro atoms. The van der Waals surface area contributed by atoms with E-state index in [1.807, 2.05) is 0 Å². The average Bonchev–Trinajstić information content (AvgIpc) is 2.08. The predicted octanol–water partition coefficient (Wildman–Crippen LogP) is 7.71. The van der Waals surface area contributed by atoms with Crippen molar-refractivity contribution in [3.05, 3.63) is 11.6 Å². The van der Waals surface area contributed by atoms with E-state index in [0.29, 0.717) is 21.1 Å². The Morgan fingerprint density at radius 3 is 2.00 bits per heavy atom. The van der Waals surface area contributed by atoms with Crippen LogP contribution in [0.1, 0.15) is 55.4 Å². The van der Waals surface area contributed by atoms with E-state index in [0.717, 1.165) is 5.66 Å². The summed E-state index contributed by atoms with van der Waals surface area (Å²) in [7, 11) is 0. The van der Waals surface area contributed by atoms with E-state index in [4.69, 9.17) is 0 Å². The van der Waals surface area contributed by atoms with Crippen molar-refractivity contribution in [3.63, 3.8) is 0 Å². The Morgan fingerprint density at radius 1 is 1.15 bits per heavy atom. The summed E-state index contributed by atoms with van der Waals surface area (Å²) in [6.45, 7) is 19.1. The maximum atomic E-state index is 4.27. The highest BCUT2D eigenvalue weighted by Crippen LogP contribution is 2.91. The number of halogens is 2. The van der Waals surface area contributed by atoms with Gasteiger partial charge in [0.15, 0.2) is 0 Å². The Kier molecular flexibility index (Phi) is 4.50. The highest BCUT2D eigenvalue weighted by atomic mass is 79.9. The minimum absolute atomic E-state index is 0.153. The molecule has 0 saturated carbocycles. The molecule has 4 heteroatoms. The quantitative estimate of drug-likeness (QED) is 0.266. The van der Waals surface area contributed by atoms with Crippen molar-refractivity contribution in [2.75, 3.05) is 6.16 Å². The summed E-state index contributed by atoms with van der Waals surface area (Å²) in [5.74, 6) is 0. The van der Waals surface area contributed by atoms with Gasteiger partial charge in [-0.05, 0) is 42.6 Å². The third kappa shape index (κ3) is 2.26. The zero-order chi connectivity index (χ0) is 15.7. The van der Waals surface area contributed by atoms with Crippen molar-refractivity contribution in [1.82, 2.24) is 0 Å². The van der Waals surface area contributed by atoms with E-state index in [9.17, 15) is 0 Å². The van der Waals surface area contributed by atoms with Crippen LogP contribution >= 0.6 is 44.2 Å². The van der Waals surface area contributed by atoms with Crippen molar-refractivity contribution in [2.24, 2.45) is 16.2 Å². The molecule has 0 radical (unpaired) electrons. The summed E-state index contributed by atoms with van der Waals surface area (Å²) in [6, 6.07) is 0. The molecule has 0 aromatic heterocycles. The van der Waals surface area contributed by atoms with Gasteiger partial charge in [0, 0.05) is 5.66 Å². The molecule has 1 saturated heterocycles. The lowest BCUT2D eigenvalue weighted by Crippen LogP contribution is -2.57. The van der Waals surface area contributed by atoms with E-state index in [-0.39, 0.29) is 13.2 Å². The first-order valence-electron chi connectivity index (χ1n) is 7.37. The number of hydrogen-bond acceptors (Lipinski definition) is 0. The lowest BCUT2D eigenvalue weighted by atomic mass is 9.72. The van der Waals surface area contributed by atoms with E-state index < -0.39 is 0 Å². The molecule has 5 atom stereocenters. The predicted molar refractivity (Wildman–Crippen MR) is 104 cm³/mol. The molecule has 0 aliphatic carbocycles. The third-order valence-electron chi connectivity index (χ3n) is 4.95. The topological polar surface area (TPSA) is 0 Å². The first-order valence-corrected chi connectivity index (χ1v) is 14.3. The van der Waals surface area contributed by atoms with Crippen molar-refractivity contribution < 1.29 is 0 Å². The van der Waals surface area contributed by atoms with Gasteiger partial charge < -0.3 is 0 Å². The molecule has 20 heavy (non-hydrogen) atoms. The smallest absolute Gasteiger partial charge is 0.0559 e. The van der Waals surface area contributed by atoms with Crippen molar-refractivity contribution in [1.29, 1.82) is 0 Å². The van der Waals surface area contributed by atoms with Crippen LogP contribution in [-0.2, 0) is 0 Å². The molecular weight excluding hydrogens is 414 g/mol. The molecule has 5 unspecified atom stereocenters. The molecule has 0 N–H and O–H groups in total. The fourth-order valence-electron chi connectivity index (χ4n) is 4.73. The second kappa shape index (κ2) is 5.03. The lowest BCUT2D eigenvalue weighted by Gasteiger charge is -2.67. The number of fused-ring (bicyclic) bond motifs is 2. The van der Waals surface area contributed by atoms with Crippen molar-refractivity contribution in [2.45, 2.75) is 65.9 Å². The van der Waals surface area contributed by atoms with Gasteiger partial charge >= 0.3 is 0 Å². The highest BCUT2D eigenvalue weighted by Gasteiger charge is 2.67. The maximum absolute atomic E-state index is 4.27. The fraction of sp³-hybridized carbons (Fsp3) is 0.875. The van der Waals surface area contributed by atoms with Crippen LogP contribution in [0.25, 0.3) is 0 Å². The number of hydrogen-bond donors (Lipinski definition) is 0. The summed E-state index contributed by atoms with van der Waals surface area (Å²) in [4.78, 5) is 0.327. The summed E-state index contributed by atoms with van der Waals surface area (Å²) >= 11 is 8.43. The summed E-state index contributed by atoms with van der Waals surface area (Å²) in [5.41, 5.74) is 3.36. The first-order chi connectivity index (χ1) is 8.78. The summed E-state index contributed by atoms with van der Waals surface area (Å²) in [6.07, 6.45) is 3.96. The zero-order valence-corrected chi connectivity index (χ0v) is 19.0. The summed E-state index contributed by atoms with van der Waals surface area (Å²) < 4.78 is 0. The highest BCUT2D eigenvalue weighted by molar-refractivity contribution is 9.42. The molecule has 2 bridgehead atoms. The Labute approximate surface area is 143 Å². The van der Waals surface area contributed by atoms with Crippen LogP contribution in [0.3, 0.4) is 0 Å². The van der Waals surface area contributed by atoms with E-state index >= 15 is 0 Å². The molecule has 0 amide bonds. The van der Waals surface area contributed by atoms with Gasteiger partial charge in [-0.25, -0.2) is 0 Å². The number of allylic oxidation sites excluding steroid dienone is 2. The van der Waals surface area contributed by atoms with Gasteiger partial charge in [0.1, 0.15) is 0 Å². The molecule has 116 valence electrons. The third-order valence-corrected chi connectivity index (χ3v) is 19.3. The van der Waals surface area contributed by atoms with Gasteiger partial charge in [-0.2, -0.15) is 0 Å². The lowest BCUT2D eigenvalue weighted by molar-refractivity contribution is 0.251. The van der Waals surface area contributed by atoms with Crippen LogP contribution in [0.5, 0.6) is 0 Å². The van der Waals surface area contributed by atoms with Crippen molar-refractivity contribution >= 4 is 44.2 Å². The Balaban J connectivity index is 2.71. The maximum Gasteiger partial charge on any atom is 0.0559 e. The normalized spacial score (nSPS) is 45.5. The molecule has 3 aliphatic rings. The average molecular weight is 442 g/mol. The van der Waals surface area contributed by atoms with Crippen LogP contribution in [0.4, 0.5) is 0 Å². The zero-order valence-electron chi connectivity index (χ0n) is 14.0. The van der Waals surface area contributed by atoms with Crippen LogP contribution in [0, 0.1) is 16.2 Å². The van der Waals surface area contributed by atoms with E-state index in [1.54, 1.807) is 5.57 Å². The monoisotopic (exact) mass is 440 g/mol. The molecule has 3 rings (SSSR count). The summed E-state index contributed by atoms with van der Waals surface area (Å²) in [5, 5.41) is 0. The number of rotatable bonds is 0. The molecule has 0 nitrogen and oxygen atoms in total. The molecule has 0 aromatic rings. The second-order valence-corrected chi connectivity index (χ2v) is 17.6. The van der Waals surface area contributed by atoms with Crippen LogP contribution in [0.2, 0.25) is 0 Å². The van der Waals surface area contributed by atoms with Gasteiger partial charge in [0.25, 0.3) is 0 Å². The van der Waals surface area contributed by atoms with Gasteiger partial charge in [-0.15, -0.1) is 0 Å². The first kappa shape index (κ1) is 17.9. The van der Waals surface area contributed by atoms with Gasteiger partial charge in [0.05, 0.1) is 4.90 Å². The van der Waals surface area contributed by atoms with Gasteiger partial charge in [0.2, 0.25) is 0 Å². The van der Waals surface area contributed by atoms with E-state index in [1.165, 1.54) is 6.16 Å². The molecule has 3 heterocycles. The van der Waals surface area contributed by atoms with Crippen LogP contribution in [-0.4, -0.2) is 16.7 Å². The molecule has 0 aromatic carbocycles. The Morgan fingerprint density at radius 2 is 1.65 bits per heavy atom. The van der Waals surface area contributed by atoms with Crippen LogP contribution in [0.15, 0.2) is 11.6 Å². The van der Waals surface area contributed by atoms with Gasteiger partial charge in [-0.1, -0.05) is 91.1 Å². The molecular formula is C16H28Br2P2. The van der Waals surface area contributed by atoms with Crippen molar-refractivity contribution in [3.8, 4) is 0 Å². The van der Waals surface area contributed by atoms with E-state index in [2.05, 4.69) is 92.4 Å². The van der Waals surface area contributed by atoms with Crippen LogP contribution < -0.4 is 0 Å². The molecule has 1 fully saturated rings. The van der Waals surface area contributed by atoms with Gasteiger partial charge in [-0.3, -0.25) is 0 Å². The Hall–Kier alpha value is 1.56. The Bertz CT molecular complexity index is 446. The minimum atomic E-state index is -0.230. The minimum Gasteiger partial charge on any atom is -0.0772 e. The largest absolute Gasteiger partial charge is 0.0772 e. The molecule has 3 aliphatic heterocycles. The fourth-order valence-corrected chi connectivity index (χ4v) is 26.2. The second-order valence-electron chi connectivity index (χ2n) is 8.86. The SMILES string of the molecule is CC1=CC2(C)CP(Br)C1(C(C)(C)C)P(Br)C2C(C)(C)C.